The van der Waals surface area contributed by atoms with Gasteiger partial charge in [0.05, 0.1) is 0 Å². The van der Waals surface area contributed by atoms with Gasteiger partial charge in [0.15, 0.2) is 0 Å². The number of benzene rings is 1. The van der Waals surface area contributed by atoms with Crippen LogP contribution >= 0.6 is 0 Å². The number of hydrogen-bond donors (Lipinski definition) is 2. The fraction of sp³-hybridized carbons (Fsp3) is 0.538. The van der Waals surface area contributed by atoms with Crippen molar-refractivity contribution >= 4 is 15.9 Å². The predicted molar refractivity (Wildman–Crippen MR) is 74.8 cm³/mol. The van der Waals surface area contributed by atoms with Crippen LogP contribution < -0.4 is 10.5 Å². The van der Waals surface area contributed by atoms with Crippen molar-refractivity contribution in [3.8, 4) is 0 Å². The van der Waals surface area contributed by atoms with E-state index in [1.807, 2.05) is 18.2 Å². The molecule has 0 radical (unpaired) electrons. The van der Waals surface area contributed by atoms with Gasteiger partial charge in [-0.1, -0.05) is 6.07 Å². The summed E-state index contributed by atoms with van der Waals surface area (Å²) in [6.07, 6.45) is 3.61. The molecule has 1 aliphatic heterocycles. The molecule has 0 aromatic heterocycles. The first-order valence-corrected chi connectivity index (χ1v) is 8.16. The summed E-state index contributed by atoms with van der Waals surface area (Å²) in [4.78, 5) is 0. The van der Waals surface area contributed by atoms with E-state index in [4.69, 9.17) is 5.73 Å². The molecule has 3 N–H and O–H groups in total. The summed E-state index contributed by atoms with van der Waals surface area (Å²) in [5.41, 5.74) is 8.72. The molecule has 0 saturated carbocycles. The molecule has 0 amide bonds. The lowest BCUT2D eigenvalue weighted by atomic mass is 10.1. The van der Waals surface area contributed by atoms with Gasteiger partial charge in [0, 0.05) is 24.8 Å². The number of fused-ring (bicyclic) bond motifs is 1. The van der Waals surface area contributed by atoms with Crippen LogP contribution in [0.5, 0.6) is 0 Å². The normalized spacial score (nSPS) is 23.7. The summed E-state index contributed by atoms with van der Waals surface area (Å²) in [5, 5.41) is 0. The minimum atomic E-state index is -3.34. The van der Waals surface area contributed by atoms with Crippen molar-refractivity contribution in [2.45, 2.75) is 31.7 Å². The van der Waals surface area contributed by atoms with Gasteiger partial charge >= 0.3 is 0 Å². The zero-order valence-corrected chi connectivity index (χ0v) is 11.6. The molecule has 2 aliphatic rings. The summed E-state index contributed by atoms with van der Waals surface area (Å²) < 4.78 is 28.9. The van der Waals surface area contributed by atoms with Crippen LogP contribution in [-0.2, 0) is 16.6 Å². The number of rotatable bonds is 3. The van der Waals surface area contributed by atoms with Crippen LogP contribution in [0.3, 0.4) is 0 Å². The first-order valence-electron chi connectivity index (χ1n) is 6.72. The topological polar surface area (TPSA) is 75.4 Å². The number of aryl methyl sites for hydroxylation is 1. The van der Waals surface area contributed by atoms with Gasteiger partial charge in [-0.3, -0.25) is 0 Å². The Balaban J connectivity index is 1.79. The van der Waals surface area contributed by atoms with Crippen LogP contribution in [-0.4, -0.2) is 25.8 Å². The number of hydrogen-bond acceptors (Lipinski definition) is 3. The van der Waals surface area contributed by atoms with Crippen molar-refractivity contribution in [1.29, 1.82) is 0 Å². The quantitative estimate of drug-likeness (QED) is 0.817. The highest BCUT2D eigenvalue weighted by molar-refractivity contribution is 7.87. The van der Waals surface area contributed by atoms with E-state index in [1.165, 1.54) is 0 Å². The Morgan fingerprint density at radius 3 is 2.74 bits per heavy atom. The minimum Gasteiger partial charge on any atom is -0.399 e. The molecule has 1 heterocycles. The highest BCUT2D eigenvalue weighted by Crippen LogP contribution is 2.33. The summed E-state index contributed by atoms with van der Waals surface area (Å²) in [6.45, 7) is 1.27. The molecule has 3 rings (SSSR count). The zero-order chi connectivity index (χ0) is 13.5. The second kappa shape index (κ2) is 4.77. The Labute approximate surface area is 114 Å². The third kappa shape index (κ3) is 2.48. The lowest BCUT2D eigenvalue weighted by molar-refractivity contribution is 0.452. The van der Waals surface area contributed by atoms with Crippen molar-refractivity contribution in [3.63, 3.8) is 0 Å². The van der Waals surface area contributed by atoms with Gasteiger partial charge in [-0.25, -0.2) is 0 Å². The van der Waals surface area contributed by atoms with E-state index in [9.17, 15) is 8.42 Å². The predicted octanol–water partition coefficient (Wildman–Crippen LogP) is 1.19. The van der Waals surface area contributed by atoms with E-state index in [2.05, 4.69) is 4.72 Å². The molecule has 1 unspecified atom stereocenters. The SMILES string of the molecule is Nc1ccc2c(c1)CCC2NS(=O)(=O)N1CCCC1. The molecule has 0 bridgehead atoms. The van der Waals surface area contributed by atoms with Crippen LogP contribution in [0.1, 0.15) is 36.4 Å². The maximum Gasteiger partial charge on any atom is 0.280 e. The third-order valence-corrected chi connectivity index (χ3v) is 5.57. The third-order valence-electron chi connectivity index (χ3n) is 3.94. The Morgan fingerprint density at radius 1 is 1.26 bits per heavy atom. The Hall–Kier alpha value is -1.11. The van der Waals surface area contributed by atoms with Crippen molar-refractivity contribution in [3.05, 3.63) is 29.3 Å². The molecule has 0 spiro atoms. The van der Waals surface area contributed by atoms with Gasteiger partial charge < -0.3 is 5.73 Å². The van der Waals surface area contributed by atoms with E-state index in [0.717, 1.165) is 42.5 Å². The molecular formula is C13H19N3O2S. The summed E-state index contributed by atoms with van der Waals surface area (Å²) in [5.74, 6) is 0. The first-order chi connectivity index (χ1) is 9.06. The van der Waals surface area contributed by atoms with E-state index in [-0.39, 0.29) is 6.04 Å². The van der Waals surface area contributed by atoms with Crippen LogP contribution in [0.4, 0.5) is 5.69 Å². The van der Waals surface area contributed by atoms with Crippen molar-refractivity contribution in [2.75, 3.05) is 18.8 Å². The van der Waals surface area contributed by atoms with Gasteiger partial charge in [0.1, 0.15) is 0 Å². The number of anilines is 1. The van der Waals surface area contributed by atoms with Gasteiger partial charge in [-0.05, 0) is 48.9 Å². The van der Waals surface area contributed by atoms with Crippen molar-refractivity contribution < 1.29 is 8.42 Å². The largest absolute Gasteiger partial charge is 0.399 e. The average molecular weight is 281 g/mol. The molecule has 1 fully saturated rings. The molecular weight excluding hydrogens is 262 g/mol. The van der Waals surface area contributed by atoms with Crippen LogP contribution in [0.15, 0.2) is 18.2 Å². The fourth-order valence-electron chi connectivity index (χ4n) is 2.94. The maximum atomic E-state index is 12.3. The van der Waals surface area contributed by atoms with Crippen LogP contribution in [0.2, 0.25) is 0 Å². The highest BCUT2D eigenvalue weighted by atomic mass is 32.2. The molecule has 1 aromatic carbocycles. The fourth-order valence-corrected chi connectivity index (χ4v) is 4.44. The van der Waals surface area contributed by atoms with Gasteiger partial charge in [0.25, 0.3) is 10.2 Å². The minimum absolute atomic E-state index is 0.110. The van der Waals surface area contributed by atoms with Crippen molar-refractivity contribution in [1.82, 2.24) is 9.03 Å². The lowest BCUT2D eigenvalue weighted by Gasteiger charge is -2.20. The Bertz CT molecular complexity index is 580. The molecule has 6 heteroatoms. The molecule has 1 aliphatic carbocycles. The smallest absolute Gasteiger partial charge is 0.280 e. The summed E-state index contributed by atoms with van der Waals surface area (Å²) >= 11 is 0. The highest BCUT2D eigenvalue weighted by Gasteiger charge is 2.31. The molecule has 104 valence electrons. The zero-order valence-electron chi connectivity index (χ0n) is 10.8. The summed E-state index contributed by atoms with van der Waals surface area (Å²) in [7, 11) is -3.34. The van der Waals surface area contributed by atoms with Crippen LogP contribution in [0, 0.1) is 0 Å². The maximum absolute atomic E-state index is 12.3. The standard InChI is InChI=1S/C13H19N3O2S/c14-11-4-5-12-10(9-11)3-6-13(12)15-19(17,18)16-7-1-2-8-16/h4-5,9,13,15H,1-3,6-8,14H2. The molecule has 19 heavy (non-hydrogen) atoms. The molecule has 5 nitrogen and oxygen atoms in total. The average Bonchev–Trinajstić information content (AvgIpc) is 2.98. The number of nitrogens with zero attached hydrogens (tertiary/aromatic N) is 1. The van der Waals surface area contributed by atoms with E-state index >= 15 is 0 Å². The number of nitrogens with one attached hydrogen (secondary N) is 1. The monoisotopic (exact) mass is 281 g/mol. The van der Waals surface area contributed by atoms with E-state index in [1.54, 1.807) is 4.31 Å². The Kier molecular flexibility index (Phi) is 3.24. The van der Waals surface area contributed by atoms with E-state index in [0.29, 0.717) is 13.1 Å². The molecule has 1 aromatic rings. The second-order valence-electron chi connectivity index (χ2n) is 5.28. The van der Waals surface area contributed by atoms with Gasteiger partial charge in [-0.15, -0.1) is 0 Å². The first kappa shape index (κ1) is 12.9. The lowest BCUT2D eigenvalue weighted by Crippen LogP contribution is -2.40. The second-order valence-corrected chi connectivity index (χ2v) is 6.98. The Morgan fingerprint density at radius 2 is 2.00 bits per heavy atom. The van der Waals surface area contributed by atoms with E-state index < -0.39 is 10.2 Å². The molecule has 1 atom stereocenters. The van der Waals surface area contributed by atoms with Crippen molar-refractivity contribution in [2.24, 2.45) is 0 Å². The molecule has 1 saturated heterocycles. The van der Waals surface area contributed by atoms with Gasteiger partial charge in [0.2, 0.25) is 0 Å². The summed E-state index contributed by atoms with van der Waals surface area (Å²) in [6, 6.07) is 5.61. The van der Waals surface area contributed by atoms with Gasteiger partial charge in [-0.2, -0.15) is 17.4 Å². The van der Waals surface area contributed by atoms with Crippen LogP contribution in [0.25, 0.3) is 0 Å². The number of nitrogen functional groups attached to an aromatic ring is 1. The number of nitrogens with two attached hydrogens (primary N) is 1.